The van der Waals surface area contributed by atoms with Crippen molar-refractivity contribution in [3.63, 3.8) is 0 Å². The molecule has 2 saturated heterocycles. The molecule has 1 aromatic rings. The predicted octanol–water partition coefficient (Wildman–Crippen LogP) is 3.18. The minimum Gasteiger partial charge on any atom is -0.342 e. The van der Waals surface area contributed by atoms with Crippen LogP contribution < -0.4 is 0 Å². The van der Waals surface area contributed by atoms with Gasteiger partial charge in [0, 0.05) is 31.6 Å². The highest BCUT2D eigenvalue weighted by molar-refractivity contribution is 5.87. The SMILES string of the molecule is CN1C(=O)C(c2ccccc2)CC12CCN(C(=O)C1CCCC1)CC2. The number of hydrogen-bond acceptors (Lipinski definition) is 2. The van der Waals surface area contributed by atoms with Gasteiger partial charge in [-0.15, -0.1) is 0 Å². The molecule has 1 atom stereocenters. The van der Waals surface area contributed by atoms with Crippen molar-refractivity contribution >= 4 is 11.8 Å². The molecule has 1 saturated carbocycles. The maximum absolute atomic E-state index is 12.8. The molecular formula is C21H28N2O2. The molecule has 1 aliphatic carbocycles. The lowest BCUT2D eigenvalue weighted by atomic mass is 9.81. The Hall–Kier alpha value is -1.84. The number of carbonyl (C=O) groups is 2. The Morgan fingerprint density at radius 1 is 1.08 bits per heavy atom. The molecule has 134 valence electrons. The Labute approximate surface area is 150 Å². The van der Waals surface area contributed by atoms with E-state index in [0.717, 1.165) is 50.8 Å². The highest BCUT2D eigenvalue weighted by atomic mass is 16.2. The fraction of sp³-hybridized carbons (Fsp3) is 0.619. The van der Waals surface area contributed by atoms with E-state index >= 15 is 0 Å². The van der Waals surface area contributed by atoms with Gasteiger partial charge in [0.15, 0.2) is 0 Å². The molecule has 4 nitrogen and oxygen atoms in total. The van der Waals surface area contributed by atoms with Gasteiger partial charge >= 0.3 is 0 Å². The monoisotopic (exact) mass is 340 g/mol. The fourth-order valence-corrected chi connectivity index (χ4v) is 5.13. The maximum atomic E-state index is 12.8. The molecule has 0 radical (unpaired) electrons. The summed E-state index contributed by atoms with van der Waals surface area (Å²) in [5.41, 5.74) is 1.06. The number of piperidine rings is 1. The number of likely N-dealkylation sites (N-methyl/N-ethyl adjacent to an activating group) is 1. The van der Waals surface area contributed by atoms with Gasteiger partial charge in [-0.2, -0.15) is 0 Å². The quantitative estimate of drug-likeness (QED) is 0.830. The van der Waals surface area contributed by atoms with Crippen molar-refractivity contribution in [1.82, 2.24) is 9.80 Å². The van der Waals surface area contributed by atoms with Crippen LogP contribution in [-0.2, 0) is 9.59 Å². The van der Waals surface area contributed by atoms with Gasteiger partial charge in [-0.1, -0.05) is 43.2 Å². The topological polar surface area (TPSA) is 40.6 Å². The Morgan fingerprint density at radius 3 is 2.36 bits per heavy atom. The van der Waals surface area contributed by atoms with Crippen LogP contribution in [0.1, 0.15) is 56.4 Å². The molecule has 1 unspecified atom stereocenters. The van der Waals surface area contributed by atoms with Gasteiger partial charge in [0.05, 0.1) is 5.92 Å². The molecule has 1 aromatic carbocycles. The van der Waals surface area contributed by atoms with E-state index in [0.29, 0.717) is 5.91 Å². The van der Waals surface area contributed by atoms with Crippen LogP contribution in [0.5, 0.6) is 0 Å². The summed E-state index contributed by atoms with van der Waals surface area (Å²) in [5, 5.41) is 0. The first kappa shape index (κ1) is 16.6. The van der Waals surface area contributed by atoms with Crippen LogP contribution in [0, 0.1) is 5.92 Å². The maximum Gasteiger partial charge on any atom is 0.230 e. The lowest BCUT2D eigenvalue weighted by Gasteiger charge is -2.44. The van der Waals surface area contributed by atoms with E-state index in [1.165, 1.54) is 12.8 Å². The van der Waals surface area contributed by atoms with Crippen LogP contribution >= 0.6 is 0 Å². The van der Waals surface area contributed by atoms with Gasteiger partial charge in [-0.25, -0.2) is 0 Å². The van der Waals surface area contributed by atoms with Gasteiger partial charge in [0.1, 0.15) is 0 Å². The normalized spacial score (nSPS) is 26.6. The Kier molecular flexibility index (Phi) is 4.30. The standard InChI is InChI=1S/C21H28N2O2/c1-22-20(25)18(16-7-3-2-4-8-16)15-21(22)11-13-23(14-12-21)19(24)17-9-5-6-10-17/h2-4,7-8,17-18H,5-6,9-15H2,1H3. The van der Waals surface area contributed by atoms with Crippen LogP contribution in [0.3, 0.4) is 0 Å². The van der Waals surface area contributed by atoms with Gasteiger partial charge in [-0.05, 0) is 37.7 Å². The van der Waals surface area contributed by atoms with Gasteiger partial charge < -0.3 is 9.80 Å². The highest BCUT2D eigenvalue weighted by Gasteiger charge is 2.51. The van der Waals surface area contributed by atoms with E-state index in [-0.39, 0.29) is 23.3 Å². The summed E-state index contributed by atoms with van der Waals surface area (Å²) >= 11 is 0. The van der Waals surface area contributed by atoms with Gasteiger partial charge in [0.2, 0.25) is 11.8 Å². The first-order chi connectivity index (χ1) is 12.1. The van der Waals surface area contributed by atoms with E-state index in [1.807, 2.05) is 30.1 Å². The third kappa shape index (κ3) is 2.86. The third-order valence-corrected chi connectivity index (χ3v) is 6.84. The second-order valence-electron chi connectivity index (χ2n) is 8.10. The van der Waals surface area contributed by atoms with Crippen LogP contribution in [0.2, 0.25) is 0 Å². The zero-order valence-electron chi connectivity index (χ0n) is 15.1. The van der Waals surface area contributed by atoms with Crippen molar-refractivity contribution in [1.29, 1.82) is 0 Å². The van der Waals surface area contributed by atoms with E-state index in [9.17, 15) is 9.59 Å². The van der Waals surface area contributed by atoms with E-state index < -0.39 is 0 Å². The van der Waals surface area contributed by atoms with Crippen molar-refractivity contribution in [2.45, 2.75) is 56.4 Å². The number of likely N-dealkylation sites (tertiary alicyclic amines) is 2. The number of amides is 2. The molecule has 3 fully saturated rings. The molecule has 4 heteroatoms. The molecule has 2 amide bonds. The summed E-state index contributed by atoms with van der Waals surface area (Å²) in [4.78, 5) is 29.6. The second kappa shape index (κ2) is 6.47. The molecule has 2 heterocycles. The largest absolute Gasteiger partial charge is 0.342 e. The molecule has 25 heavy (non-hydrogen) atoms. The average molecular weight is 340 g/mol. The Bertz CT molecular complexity index is 643. The van der Waals surface area contributed by atoms with Gasteiger partial charge in [0.25, 0.3) is 0 Å². The van der Waals surface area contributed by atoms with Crippen LogP contribution in [0.4, 0.5) is 0 Å². The number of hydrogen-bond donors (Lipinski definition) is 0. The van der Waals surface area contributed by atoms with Crippen molar-refractivity contribution in [3.8, 4) is 0 Å². The summed E-state index contributed by atoms with van der Waals surface area (Å²) in [5.74, 6) is 0.832. The van der Waals surface area contributed by atoms with Crippen LogP contribution in [-0.4, -0.2) is 47.3 Å². The minimum atomic E-state index is -0.0654. The molecule has 1 spiro atoms. The second-order valence-corrected chi connectivity index (χ2v) is 8.10. The van der Waals surface area contributed by atoms with Crippen LogP contribution in [0.25, 0.3) is 0 Å². The number of carbonyl (C=O) groups excluding carboxylic acids is 2. The van der Waals surface area contributed by atoms with Crippen molar-refractivity contribution in [2.24, 2.45) is 5.92 Å². The van der Waals surface area contributed by atoms with Crippen molar-refractivity contribution < 1.29 is 9.59 Å². The third-order valence-electron chi connectivity index (χ3n) is 6.84. The fourth-order valence-electron chi connectivity index (χ4n) is 5.13. The highest BCUT2D eigenvalue weighted by Crippen LogP contribution is 2.45. The number of benzene rings is 1. The lowest BCUT2D eigenvalue weighted by molar-refractivity contribution is -0.139. The zero-order chi connectivity index (χ0) is 17.4. The predicted molar refractivity (Wildman–Crippen MR) is 97.1 cm³/mol. The van der Waals surface area contributed by atoms with E-state index in [4.69, 9.17) is 0 Å². The number of rotatable bonds is 2. The summed E-state index contributed by atoms with van der Waals surface area (Å²) in [7, 11) is 1.96. The average Bonchev–Trinajstić information content (AvgIpc) is 3.27. The first-order valence-corrected chi connectivity index (χ1v) is 9.72. The molecule has 0 bridgehead atoms. The Balaban J connectivity index is 1.45. The first-order valence-electron chi connectivity index (χ1n) is 9.72. The van der Waals surface area contributed by atoms with E-state index in [1.54, 1.807) is 0 Å². The zero-order valence-corrected chi connectivity index (χ0v) is 15.1. The number of nitrogens with zero attached hydrogens (tertiary/aromatic N) is 2. The summed E-state index contributed by atoms with van der Waals surface area (Å²) in [6.07, 6.45) is 7.24. The summed E-state index contributed by atoms with van der Waals surface area (Å²) in [6.45, 7) is 1.60. The van der Waals surface area contributed by atoms with Crippen molar-refractivity contribution in [2.75, 3.05) is 20.1 Å². The van der Waals surface area contributed by atoms with Crippen LogP contribution in [0.15, 0.2) is 30.3 Å². The van der Waals surface area contributed by atoms with E-state index in [2.05, 4.69) is 17.0 Å². The molecule has 4 rings (SSSR count). The summed E-state index contributed by atoms with van der Waals surface area (Å²) in [6, 6.07) is 10.1. The lowest BCUT2D eigenvalue weighted by Crippen LogP contribution is -2.53. The van der Waals surface area contributed by atoms with Crippen molar-refractivity contribution in [3.05, 3.63) is 35.9 Å². The Morgan fingerprint density at radius 2 is 1.72 bits per heavy atom. The smallest absolute Gasteiger partial charge is 0.230 e. The molecule has 0 aromatic heterocycles. The minimum absolute atomic E-state index is 0.0247. The summed E-state index contributed by atoms with van der Waals surface area (Å²) < 4.78 is 0. The molecular weight excluding hydrogens is 312 g/mol. The molecule has 0 N–H and O–H groups in total. The molecule has 3 aliphatic rings. The molecule has 2 aliphatic heterocycles. The van der Waals surface area contributed by atoms with Gasteiger partial charge in [-0.3, -0.25) is 9.59 Å².